The highest BCUT2D eigenvalue weighted by atomic mass is 19.3. The topological polar surface area (TPSA) is 16.4 Å². The van der Waals surface area contributed by atoms with Crippen LogP contribution in [0.15, 0.2) is 0 Å². The first-order valence-electron chi connectivity index (χ1n) is 3.59. The molecule has 4 heteroatoms. The average Bonchev–Trinajstić information content (AvgIpc) is 2.05. The van der Waals surface area contributed by atoms with E-state index in [0.717, 1.165) is 0 Å². The fourth-order valence-corrected chi connectivity index (χ4v) is 1.24. The van der Waals surface area contributed by atoms with Crippen molar-refractivity contribution < 1.29 is 8.78 Å². The molecule has 0 atom stereocenters. The van der Waals surface area contributed by atoms with Crippen molar-refractivity contribution in [2.24, 2.45) is 0 Å². The minimum absolute atomic E-state index is 0.272. The first kappa shape index (κ1) is 8.41. The van der Waals surface area contributed by atoms with Crippen molar-refractivity contribution in [3.63, 3.8) is 0 Å². The van der Waals surface area contributed by atoms with Gasteiger partial charge < -0.3 is 10.2 Å². The van der Waals surface area contributed by atoms with Crippen LogP contribution < -0.4 is 5.32 Å². The first-order valence-corrected chi connectivity index (χ1v) is 3.59. The third-order valence-electron chi connectivity index (χ3n) is 2.10. The van der Waals surface area contributed by atoms with Crippen molar-refractivity contribution in [2.75, 3.05) is 13.1 Å². The molecule has 0 amide bonds. The van der Waals surface area contributed by atoms with Gasteiger partial charge in [0.1, 0.15) is 0 Å². The van der Waals surface area contributed by atoms with Crippen LogP contribution in [0.3, 0.4) is 0 Å². The van der Waals surface area contributed by atoms with Crippen LogP contribution in [0.5, 0.6) is 0 Å². The molecule has 0 bridgehead atoms. The van der Waals surface area contributed by atoms with E-state index in [4.69, 9.17) is 6.57 Å². The zero-order valence-electron chi connectivity index (χ0n) is 6.11. The summed E-state index contributed by atoms with van der Waals surface area (Å²) in [6.07, 6.45) is -1.95. The van der Waals surface area contributed by atoms with Gasteiger partial charge in [-0.3, -0.25) is 0 Å². The van der Waals surface area contributed by atoms with Crippen molar-refractivity contribution in [1.29, 1.82) is 0 Å². The number of piperidine rings is 1. The predicted molar refractivity (Wildman–Crippen MR) is 37.4 cm³/mol. The van der Waals surface area contributed by atoms with Crippen LogP contribution in [0.2, 0.25) is 0 Å². The average molecular weight is 160 g/mol. The number of halogens is 2. The number of hydrogen-bond donors (Lipinski definition) is 1. The second-order valence-electron chi connectivity index (χ2n) is 2.77. The lowest BCUT2D eigenvalue weighted by molar-refractivity contribution is 0.0578. The Labute approximate surface area is 64.4 Å². The molecule has 1 fully saturated rings. The van der Waals surface area contributed by atoms with Gasteiger partial charge in [-0.2, -0.15) is 0 Å². The molecule has 0 aromatic carbocycles. The summed E-state index contributed by atoms with van der Waals surface area (Å²) in [5.41, 5.74) is -1.38. The van der Waals surface area contributed by atoms with Gasteiger partial charge in [0.15, 0.2) is 0 Å². The number of rotatable bonds is 1. The second kappa shape index (κ2) is 3.14. The molecule has 1 rings (SSSR count). The zero-order valence-corrected chi connectivity index (χ0v) is 6.11. The Balaban J connectivity index is 2.67. The summed E-state index contributed by atoms with van der Waals surface area (Å²) in [5, 5.41) is 2.95. The summed E-state index contributed by atoms with van der Waals surface area (Å²) in [6.45, 7) is 7.76. The summed E-state index contributed by atoms with van der Waals surface area (Å²) < 4.78 is 24.7. The van der Waals surface area contributed by atoms with Crippen LogP contribution >= 0.6 is 0 Å². The van der Waals surface area contributed by atoms with Crippen LogP contribution in [0.1, 0.15) is 12.8 Å². The van der Waals surface area contributed by atoms with E-state index in [9.17, 15) is 8.78 Å². The van der Waals surface area contributed by atoms with Gasteiger partial charge in [-0.25, -0.2) is 15.4 Å². The first-order chi connectivity index (χ1) is 5.21. The number of hydrogen-bond acceptors (Lipinski definition) is 1. The monoisotopic (exact) mass is 160 g/mol. The number of nitrogens with zero attached hydrogens (tertiary/aromatic N) is 1. The van der Waals surface area contributed by atoms with E-state index in [1.165, 1.54) is 0 Å². The molecule has 1 aliphatic heterocycles. The highest BCUT2D eigenvalue weighted by Gasteiger charge is 2.47. The van der Waals surface area contributed by atoms with E-state index < -0.39 is 12.0 Å². The molecule has 2 nitrogen and oxygen atoms in total. The second-order valence-corrected chi connectivity index (χ2v) is 2.77. The molecule has 1 N–H and O–H groups in total. The van der Waals surface area contributed by atoms with Gasteiger partial charge in [0.05, 0.1) is 0 Å². The molecule has 0 aliphatic carbocycles. The Kier molecular flexibility index (Phi) is 2.40. The maximum atomic E-state index is 12.3. The maximum absolute atomic E-state index is 12.3. The maximum Gasteiger partial charge on any atom is 0.314 e. The van der Waals surface area contributed by atoms with Crippen LogP contribution in [0, 0.1) is 6.57 Å². The third-order valence-corrected chi connectivity index (χ3v) is 2.10. The summed E-state index contributed by atoms with van der Waals surface area (Å²) in [6, 6.07) is 0. The molecular weight excluding hydrogens is 150 g/mol. The standard InChI is InChI=1S/C7H10F2N2/c1-10-7(6(8)9)2-4-11-5-3-7/h6,11H,2-5H2. The van der Waals surface area contributed by atoms with Gasteiger partial charge in [0, 0.05) is 25.9 Å². The Morgan fingerprint density at radius 2 is 1.91 bits per heavy atom. The lowest BCUT2D eigenvalue weighted by atomic mass is 9.90. The third kappa shape index (κ3) is 1.48. The van der Waals surface area contributed by atoms with Gasteiger partial charge in [-0.15, -0.1) is 0 Å². The number of nitrogens with one attached hydrogen (secondary N) is 1. The quantitative estimate of drug-likeness (QED) is 0.572. The lowest BCUT2D eigenvalue weighted by Gasteiger charge is -2.25. The van der Waals surface area contributed by atoms with Gasteiger partial charge in [0.2, 0.25) is 0 Å². The summed E-state index contributed by atoms with van der Waals surface area (Å²) >= 11 is 0. The van der Waals surface area contributed by atoms with Crippen LogP contribution in [-0.2, 0) is 0 Å². The van der Waals surface area contributed by atoms with E-state index in [0.29, 0.717) is 13.1 Å². The predicted octanol–water partition coefficient (Wildman–Crippen LogP) is 1.29. The molecule has 1 aliphatic rings. The van der Waals surface area contributed by atoms with E-state index in [2.05, 4.69) is 10.2 Å². The van der Waals surface area contributed by atoms with Crippen molar-refractivity contribution >= 4 is 0 Å². The fraction of sp³-hybridized carbons (Fsp3) is 0.857. The van der Waals surface area contributed by atoms with E-state index in [-0.39, 0.29) is 12.8 Å². The number of alkyl halides is 2. The fourth-order valence-electron chi connectivity index (χ4n) is 1.24. The molecule has 0 unspecified atom stereocenters. The Hall–Kier alpha value is -0.690. The lowest BCUT2D eigenvalue weighted by Crippen LogP contribution is -2.44. The van der Waals surface area contributed by atoms with Crippen LogP contribution in [0.25, 0.3) is 4.85 Å². The Bertz CT molecular complexity index is 168. The van der Waals surface area contributed by atoms with Crippen molar-refractivity contribution in [3.05, 3.63) is 11.4 Å². The highest BCUT2D eigenvalue weighted by Crippen LogP contribution is 2.29. The normalized spacial score (nSPS) is 23.1. The molecule has 0 aromatic heterocycles. The molecule has 0 aromatic rings. The minimum Gasteiger partial charge on any atom is -0.316 e. The molecular formula is C7H10F2N2. The molecule has 1 saturated heterocycles. The molecule has 0 spiro atoms. The van der Waals surface area contributed by atoms with Gasteiger partial charge in [-0.05, 0) is 0 Å². The van der Waals surface area contributed by atoms with Gasteiger partial charge in [0.25, 0.3) is 5.54 Å². The summed E-state index contributed by atoms with van der Waals surface area (Å²) in [7, 11) is 0. The Morgan fingerprint density at radius 3 is 2.18 bits per heavy atom. The van der Waals surface area contributed by atoms with Crippen LogP contribution in [0.4, 0.5) is 8.78 Å². The zero-order chi connectivity index (χ0) is 8.32. The van der Waals surface area contributed by atoms with Crippen LogP contribution in [-0.4, -0.2) is 25.1 Å². The molecule has 62 valence electrons. The van der Waals surface area contributed by atoms with Crippen molar-refractivity contribution in [2.45, 2.75) is 24.8 Å². The molecule has 0 radical (unpaired) electrons. The SMILES string of the molecule is [C-]#[N+]C1(C(F)F)CCNCC1. The van der Waals surface area contributed by atoms with Crippen molar-refractivity contribution in [1.82, 2.24) is 5.32 Å². The highest BCUT2D eigenvalue weighted by molar-refractivity contribution is 5.03. The van der Waals surface area contributed by atoms with Gasteiger partial charge >= 0.3 is 6.43 Å². The molecule has 11 heavy (non-hydrogen) atoms. The summed E-state index contributed by atoms with van der Waals surface area (Å²) in [5.74, 6) is 0. The molecule has 1 heterocycles. The summed E-state index contributed by atoms with van der Waals surface area (Å²) in [4.78, 5) is 3.04. The smallest absolute Gasteiger partial charge is 0.314 e. The van der Waals surface area contributed by atoms with E-state index in [1.54, 1.807) is 0 Å². The largest absolute Gasteiger partial charge is 0.316 e. The molecule has 0 saturated carbocycles. The van der Waals surface area contributed by atoms with Crippen molar-refractivity contribution in [3.8, 4) is 0 Å². The van der Waals surface area contributed by atoms with E-state index >= 15 is 0 Å². The Morgan fingerprint density at radius 1 is 1.36 bits per heavy atom. The minimum atomic E-state index is -2.50. The van der Waals surface area contributed by atoms with Gasteiger partial charge in [-0.1, -0.05) is 0 Å². The van der Waals surface area contributed by atoms with E-state index in [1.807, 2.05) is 0 Å².